The van der Waals surface area contributed by atoms with Crippen LogP contribution in [-0.4, -0.2) is 10.8 Å². The van der Waals surface area contributed by atoms with Crippen LogP contribution in [0.4, 0.5) is 0 Å². The van der Waals surface area contributed by atoms with Gasteiger partial charge in [-0.25, -0.2) is 0 Å². The van der Waals surface area contributed by atoms with Crippen LogP contribution < -0.4 is 5.56 Å². The van der Waals surface area contributed by atoms with Crippen molar-refractivity contribution in [1.82, 2.24) is 4.98 Å². The number of pyridine rings is 1. The minimum absolute atomic E-state index is 0.166. The Morgan fingerprint density at radius 2 is 1.75 bits per heavy atom. The molecule has 0 aliphatic heterocycles. The monoisotopic (exact) mass is 221 g/mol. The fourth-order valence-electron chi connectivity index (χ4n) is 1.73. The summed E-state index contributed by atoms with van der Waals surface area (Å²) >= 11 is 0. The van der Waals surface area contributed by atoms with E-state index in [4.69, 9.17) is 0 Å². The topological polar surface area (TPSA) is 49.9 Å². The third-order valence-electron chi connectivity index (χ3n) is 2.68. The van der Waals surface area contributed by atoms with Gasteiger partial charge in [-0.05, 0) is 30.4 Å². The molecule has 0 atom stereocenters. The van der Waals surface area contributed by atoms with Crippen molar-refractivity contribution in [2.45, 2.75) is 46.5 Å². The molecule has 1 heterocycles. The van der Waals surface area contributed by atoms with Crippen LogP contribution in [-0.2, 0) is 0 Å². The van der Waals surface area contributed by atoms with Crippen molar-refractivity contribution in [3.63, 3.8) is 0 Å². The lowest BCUT2D eigenvalue weighted by atomic mass is 9.94. The van der Waals surface area contributed by atoms with Gasteiger partial charge in [-0.3, -0.25) is 9.59 Å². The minimum atomic E-state index is -0.262. The smallest absolute Gasteiger partial charge is 0.259 e. The second kappa shape index (κ2) is 4.64. The van der Waals surface area contributed by atoms with Gasteiger partial charge in [-0.1, -0.05) is 27.7 Å². The highest BCUT2D eigenvalue weighted by atomic mass is 16.1. The number of hydrogen-bond donors (Lipinski definition) is 1. The predicted octanol–water partition coefficient (Wildman–Crippen LogP) is 2.82. The number of Topliss-reactive ketones (excluding diaryl/α,β-unsaturated/α-hetero) is 1. The maximum absolute atomic E-state index is 11.8. The zero-order valence-corrected chi connectivity index (χ0v) is 10.5. The lowest BCUT2D eigenvalue weighted by Crippen LogP contribution is -2.21. The first-order valence-corrected chi connectivity index (χ1v) is 5.62. The van der Waals surface area contributed by atoms with Crippen LogP contribution in [0.2, 0.25) is 0 Å². The molecule has 0 saturated heterocycles. The molecular weight excluding hydrogens is 202 g/mol. The second-order valence-corrected chi connectivity index (χ2v) is 4.75. The summed E-state index contributed by atoms with van der Waals surface area (Å²) in [5, 5.41) is 0. The fraction of sp³-hybridized carbons (Fsp3) is 0.538. The van der Waals surface area contributed by atoms with Crippen molar-refractivity contribution in [1.29, 1.82) is 0 Å². The molecular formula is C13H19NO2. The van der Waals surface area contributed by atoms with Gasteiger partial charge in [-0.2, -0.15) is 0 Å². The molecule has 88 valence electrons. The molecule has 0 aliphatic rings. The van der Waals surface area contributed by atoms with Crippen molar-refractivity contribution >= 4 is 5.78 Å². The summed E-state index contributed by atoms with van der Waals surface area (Å²) in [6, 6.07) is 1.94. The summed E-state index contributed by atoms with van der Waals surface area (Å²) in [6.45, 7) is 9.45. The Morgan fingerprint density at radius 3 is 2.12 bits per heavy atom. The van der Waals surface area contributed by atoms with E-state index in [0.717, 1.165) is 11.3 Å². The molecule has 0 amide bonds. The van der Waals surface area contributed by atoms with Crippen LogP contribution in [0.1, 0.15) is 68.1 Å². The van der Waals surface area contributed by atoms with E-state index in [1.54, 1.807) is 0 Å². The quantitative estimate of drug-likeness (QED) is 0.798. The number of rotatable bonds is 3. The molecule has 3 nitrogen and oxygen atoms in total. The van der Waals surface area contributed by atoms with Crippen molar-refractivity contribution in [2.75, 3.05) is 0 Å². The van der Waals surface area contributed by atoms with Crippen molar-refractivity contribution in [3.8, 4) is 0 Å². The Kier molecular flexibility index (Phi) is 3.68. The van der Waals surface area contributed by atoms with Crippen LogP contribution in [0.15, 0.2) is 10.9 Å². The maximum Gasteiger partial charge on any atom is 0.259 e. The molecule has 0 fully saturated rings. The normalized spacial score (nSPS) is 11.2. The van der Waals surface area contributed by atoms with E-state index in [0.29, 0.717) is 5.56 Å². The van der Waals surface area contributed by atoms with E-state index in [1.165, 1.54) is 6.92 Å². The van der Waals surface area contributed by atoms with E-state index in [1.807, 2.05) is 33.8 Å². The van der Waals surface area contributed by atoms with Gasteiger partial charge in [0.05, 0.1) is 5.56 Å². The molecule has 1 rings (SSSR count). The average Bonchev–Trinajstić information content (AvgIpc) is 2.15. The number of H-pyrrole nitrogens is 1. The number of ketones is 1. The highest BCUT2D eigenvalue weighted by Crippen LogP contribution is 2.21. The third kappa shape index (κ3) is 2.40. The molecule has 0 saturated carbocycles. The zero-order chi connectivity index (χ0) is 12.5. The second-order valence-electron chi connectivity index (χ2n) is 4.75. The number of nitrogens with one attached hydrogen (secondary N) is 1. The van der Waals surface area contributed by atoms with Crippen molar-refractivity contribution < 1.29 is 4.79 Å². The molecule has 3 heteroatoms. The van der Waals surface area contributed by atoms with Gasteiger partial charge >= 0.3 is 0 Å². The Hall–Kier alpha value is -1.38. The maximum atomic E-state index is 11.8. The van der Waals surface area contributed by atoms with Gasteiger partial charge in [0.25, 0.3) is 5.56 Å². The lowest BCUT2D eigenvalue weighted by Gasteiger charge is -2.13. The molecule has 0 unspecified atom stereocenters. The highest BCUT2D eigenvalue weighted by molar-refractivity contribution is 5.95. The summed E-state index contributed by atoms with van der Waals surface area (Å²) in [4.78, 5) is 26.1. The SMILES string of the molecule is CC(=O)c1c(C(C)C)cc(C(C)C)[nH]c1=O. The number of aromatic nitrogens is 1. The standard InChI is InChI=1S/C13H19NO2/c1-7(2)10-6-11(8(3)4)14-13(16)12(10)9(5)15/h6-8H,1-5H3,(H,14,16). The predicted molar refractivity (Wildman–Crippen MR) is 65.2 cm³/mol. The van der Waals surface area contributed by atoms with Crippen molar-refractivity contribution in [3.05, 3.63) is 33.2 Å². The lowest BCUT2D eigenvalue weighted by molar-refractivity contribution is 0.101. The van der Waals surface area contributed by atoms with Gasteiger partial charge in [0, 0.05) is 5.69 Å². The summed E-state index contributed by atoms with van der Waals surface area (Å²) in [5.41, 5.74) is 1.78. The Bertz CT molecular complexity index is 455. The first kappa shape index (κ1) is 12.7. The largest absolute Gasteiger partial charge is 0.325 e. The molecule has 0 bridgehead atoms. The molecule has 1 N–H and O–H groups in total. The van der Waals surface area contributed by atoms with E-state index >= 15 is 0 Å². The van der Waals surface area contributed by atoms with Gasteiger partial charge in [0.1, 0.15) is 0 Å². The third-order valence-corrected chi connectivity index (χ3v) is 2.68. The highest BCUT2D eigenvalue weighted by Gasteiger charge is 2.16. The fourth-order valence-corrected chi connectivity index (χ4v) is 1.73. The molecule has 1 aromatic heterocycles. The number of hydrogen-bond acceptors (Lipinski definition) is 2. The van der Waals surface area contributed by atoms with Crippen LogP contribution in [0.25, 0.3) is 0 Å². The summed E-state index contributed by atoms with van der Waals surface area (Å²) in [7, 11) is 0. The molecule has 0 aromatic carbocycles. The van der Waals surface area contributed by atoms with E-state index in [9.17, 15) is 9.59 Å². The first-order chi connectivity index (χ1) is 7.34. The van der Waals surface area contributed by atoms with Gasteiger partial charge < -0.3 is 4.98 Å². The Morgan fingerprint density at radius 1 is 1.19 bits per heavy atom. The van der Waals surface area contributed by atoms with Gasteiger partial charge in [-0.15, -0.1) is 0 Å². The average molecular weight is 221 g/mol. The summed E-state index contributed by atoms with van der Waals surface area (Å²) in [6.07, 6.45) is 0. The van der Waals surface area contributed by atoms with E-state index in [-0.39, 0.29) is 23.2 Å². The van der Waals surface area contributed by atoms with Gasteiger partial charge in [0.2, 0.25) is 0 Å². The molecule has 0 radical (unpaired) electrons. The molecule has 0 spiro atoms. The number of carbonyl (C=O) groups is 1. The van der Waals surface area contributed by atoms with Crippen LogP contribution in [0.3, 0.4) is 0 Å². The number of carbonyl (C=O) groups excluding carboxylic acids is 1. The summed E-state index contributed by atoms with van der Waals surface area (Å²) < 4.78 is 0. The minimum Gasteiger partial charge on any atom is -0.325 e. The summed E-state index contributed by atoms with van der Waals surface area (Å²) in [5.74, 6) is 0.269. The zero-order valence-electron chi connectivity index (χ0n) is 10.5. The molecule has 1 aromatic rings. The van der Waals surface area contributed by atoms with Crippen LogP contribution in [0.5, 0.6) is 0 Å². The molecule has 16 heavy (non-hydrogen) atoms. The Balaban J connectivity index is 3.52. The molecule has 0 aliphatic carbocycles. The van der Waals surface area contributed by atoms with Crippen LogP contribution >= 0.6 is 0 Å². The van der Waals surface area contributed by atoms with Gasteiger partial charge in [0.15, 0.2) is 5.78 Å². The number of aromatic amines is 1. The van der Waals surface area contributed by atoms with E-state index < -0.39 is 0 Å². The first-order valence-electron chi connectivity index (χ1n) is 5.62. The van der Waals surface area contributed by atoms with Crippen molar-refractivity contribution in [2.24, 2.45) is 0 Å². The van der Waals surface area contributed by atoms with Crippen LogP contribution in [0, 0.1) is 0 Å². The van der Waals surface area contributed by atoms with E-state index in [2.05, 4.69) is 4.98 Å². The Labute approximate surface area is 95.9 Å².